The molecule has 218 valence electrons. The number of hydrogen-bond acceptors (Lipinski definition) is 7. The molecule has 39 heavy (non-hydrogen) atoms. The normalized spacial score (nSPS) is 29.9. The Hall–Kier alpha value is -1.60. The molecule has 3 unspecified atom stereocenters. The fourth-order valence-corrected chi connectivity index (χ4v) is 5.56. The highest BCUT2D eigenvalue weighted by Gasteiger charge is 2.48. The molecular formula is C27H36ClF3N2O5S. The molecule has 8 atom stereocenters. The zero-order chi connectivity index (χ0) is 28.7. The summed E-state index contributed by atoms with van der Waals surface area (Å²) >= 11 is 7.53. The van der Waals surface area contributed by atoms with E-state index in [9.17, 15) is 33.3 Å². The maximum atomic E-state index is 13.1. The predicted octanol–water partition coefficient (Wildman–Crippen LogP) is 3.16. The van der Waals surface area contributed by atoms with Gasteiger partial charge in [0, 0.05) is 0 Å². The smallest absolute Gasteiger partial charge is 0.388 e. The van der Waals surface area contributed by atoms with Crippen molar-refractivity contribution in [3.63, 3.8) is 0 Å². The van der Waals surface area contributed by atoms with Gasteiger partial charge in [0.05, 0.1) is 23.0 Å². The Labute approximate surface area is 235 Å². The fraction of sp³-hybridized carbons (Fsp3) is 0.593. The van der Waals surface area contributed by atoms with Crippen LogP contribution in [-0.2, 0) is 22.1 Å². The van der Waals surface area contributed by atoms with E-state index < -0.39 is 59.1 Å². The van der Waals surface area contributed by atoms with Gasteiger partial charge in [-0.25, -0.2) is 0 Å². The minimum absolute atomic E-state index is 0.337. The number of aliphatic hydroxyl groups excluding tert-OH is 3. The van der Waals surface area contributed by atoms with Gasteiger partial charge in [-0.2, -0.15) is 13.2 Å². The average molecular weight is 593 g/mol. The van der Waals surface area contributed by atoms with E-state index in [1.54, 1.807) is 19.2 Å². The van der Waals surface area contributed by atoms with Gasteiger partial charge in [-0.15, -0.1) is 23.4 Å². The first-order valence-electron chi connectivity index (χ1n) is 12.8. The van der Waals surface area contributed by atoms with Crippen molar-refractivity contribution in [1.82, 2.24) is 10.6 Å². The second-order valence-electron chi connectivity index (χ2n) is 9.80. The van der Waals surface area contributed by atoms with E-state index in [1.165, 1.54) is 23.9 Å². The monoisotopic (exact) mass is 592 g/mol. The second-order valence-corrected chi connectivity index (χ2v) is 11.4. The molecule has 1 fully saturated rings. The highest BCUT2D eigenvalue weighted by molar-refractivity contribution is 7.99. The number of amides is 1. The Morgan fingerprint density at radius 1 is 1.28 bits per heavy atom. The highest BCUT2D eigenvalue weighted by Crippen LogP contribution is 2.31. The Bertz CT molecular complexity index is 1020. The number of carbonyl (C=O) groups is 1. The Balaban J connectivity index is 1.57. The van der Waals surface area contributed by atoms with Crippen LogP contribution in [0.4, 0.5) is 13.2 Å². The van der Waals surface area contributed by atoms with E-state index in [2.05, 4.69) is 10.6 Å². The number of nitrogens with one attached hydrogen (secondary N) is 2. The minimum Gasteiger partial charge on any atom is -0.388 e. The third-order valence-electron chi connectivity index (χ3n) is 6.92. The summed E-state index contributed by atoms with van der Waals surface area (Å²) in [6.07, 6.45) is 0.0658. The third kappa shape index (κ3) is 8.69. The first-order valence-corrected chi connectivity index (χ1v) is 14.6. The molecule has 1 aromatic rings. The second kappa shape index (κ2) is 14.3. The molecule has 1 saturated heterocycles. The largest absolute Gasteiger partial charge is 0.416 e. The van der Waals surface area contributed by atoms with Crippen LogP contribution in [-0.4, -0.2) is 81.3 Å². The van der Waals surface area contributed by atoms with Crippen LogP contribution in [0, 0.1) is 0 Å². The molecule has 0 aromatic heterocycles. The number of alkyl halides is 4. The molecule has 0 aliphatic carbocycles. The molecule has 1 amide bonds. The van der Waals surface area contributed by atoms with Gasteiger partial charge in [0.25, 0.3) is 0 Å². The number of allylic oxidation sites excluding steroid dienone is 2. The highest BCUT2D eigenvalue weighted by atomic mass is 35.5. The number of aryl methyl sites for hydroxylation is 1. The van der Waals surface area contributed by atoms with Crippen molar-refractivity contribution in [3.8, 4) is 0 Å². The van der Waals surface area contributed by atoms with E-state index in [-0.39, 0.29) is 5.91 Å². The van der Waals surface area contributed by atoms with Crippen LogP contribution in [0.5, 0.6) is 0 Å². The molecule has 0 saturated carbocycles. The maximum absolute atomic E-state index is 13.1. The standard InChI is InChI=1S/C27H36ClF3N2O5S/c1-15(28)20(24-22(35)21(34)23(36)26(38-24)39-2)33-25(37)19-11-10-16(12-13-32-19)6-3-4-7-17-8-5-9-18(14-17)27(29,30)31/h3,5-6,8-10,14-15,19-24,26,32,34-36H,4,7,11-13H2,1-2H3,(H,33,37)/b6-3+/t15-,19?,20+,21?,22-,23+,24+,26?/m0/s1. The van der Waals surface area contributed by atoms with Crippen molar-refractivity contribution in [2.24, 2.45) is 0 Å². The van der Waals surface area contributed by atoms with Crippen molar-refractivity contribution in [3.05, 3.63) is 59.2 Å². The molecule has 2 heterocycles. The van der Waals surface area contributed by atoms with Crippen molar-refractivity contribution < 1.29 is 38.0 Å². The molecule has 5 N–H and O–H groups in total. The van der Waals surface area contributed by atoms with E-state index in [1.807, 2.05) is 18.2 Å². The van der Waals surface area contributed by atoms with E-state index >= 15 is 0 Å². The van der Waals surface area contributed by atoms with Crippen molar-refractivity contribution >= 4 is 29.3 Å². The van der Waals surface area contributed by atoms with E-state index in [4.69, 9.17) is 16.3 Å². The van der Waals surface area contributed by atoms with Crippen LogP contribution in [0.2, 0.25) is 0 Å². The van der Waals surface area contributed by atoms with Crippen LogP contribution < -0.4 is 10.6 Å². The van der Waals surface area contributed by atoms with Gasteiger partial charge in [0.15, 0.2) is 0 Å². The topological polar surface area (TPSA) is 111 Å². The third-order valence-corrected chi connectivity index (χ3v) is 8.05. The van der Waals surface area contributed by atoms with Crippen LogP contribution in [0.25, 0.3) is 0 Å². The number of halogens is 4. The molecule has 2 aliphatic heterocycles. The Kier molecular flexibility index (Phi) is 11.7. The number of benzene rings is 1. The molecular weight excluding hydrogens is 557 g/mol. The van der Waals surface area contributed by atoms with Gasteiger partial charge in [-0.05, 0) is 57.0 Å². The zero-order valence-electron chi connectivity index (χ0n) is 21.8. The summed E-state index contributed by atoms with van der Waals surface area (Å²) in [5.41, 5.74) is 0.183. The number of carbonyl (C=O) groups excluding carboxylic acids is 1. The summed E-state index contributed by atoms with van der Waals surface area (Å²) in [5, 5.41) is 36.3. The Morgan fingerprint density at radius 2 is 2.03 bits per heavy atom. The van der Waals surface area contributed by atoms with Crippen molar-refractivity contribution in [2.45, 2.75) is 86.1 Å². The summed E-state index contributed by atoms with van der Waals surface area (Å²) in [7, 11) is 0. The van der Waals surface area contributed by atoms with Gasteiger partial charge in [0.1, 0.15) is 29.9 Å². The quantitative estimate of drug-likeness (QED) is 0.280. The fourth-order valence-electron chi connectivity index (χ4n) is 4.67. The number of thioether (sulfide) groups is 1. The summed E-state index contributed by atoms with van der Waals surface area (Å²) in [6, 6.07) is 3.93. The van der Waals surface area contributed by atoms with Gasteiger partial charge in [0.2, 0.25) is 5.91 Å². The molecule has 0 radical (unpaired) electrons. The molecule has 0 bridgehead atoms. The summed E-state index contributed by atoms with van der Waals surface area (Å²) in [6.45, 7) is 2.18. The SMILES string of the molecule is CSC1O[C@H]([C@H](NC(=O)C2CC=C(/C=C/CCc3cccc(C(F)(F)F)c3)CCN2)[C@H](C)Cl)[C@@H](O)C(O)[C@H]1O. The molecule has 0 spiro atoms. The van der Waals surface area contributed by atoms with Crippen LogP contribution in [0.1, 0.15) is 37.3 Å². The lowest BCUT2D eigenvalue weighted by Crippen LogP contribution is -2.65. The van der Waals surface area contributed by atoms with Crippen molar-refractivity contribution in [2.75, 3.05) is 12.8 Å². The molecule has 1 aromatic carbocycles. The van der Waals surface area contributed by atoms with Crippen LogP contribution >= 0.6 is 23.4 Å². The Morgan fingerprint density at radius 3 is 2.69 bits per heavy atom. The van der Waals surface area contributed by atoms with E-state index in [0.717, 1.165) is 11.6 Å². The van der Waals surface area contributed by atoms with Gasteiger partial charge < -0.3 is 30.7 Å². The average Bonchev–Trinajstić information content (AvgIpc) is 3.14. The molecule has 12 heteroatoms. The number of ether oxygens (including phenoxy) is 1. The molecule has 3 rings (SSSR count). The lowest BCUT2D eigenvalue weighted by atomic mass is 9.93. The van der Waals surface area contributed by atoms with Gasteiger partial charge in [-0.3, -0.25) is 4.79 Å². The van der Waals surface area contributed by atoms with Gasteiger partial charge in [-0.1, -0.05) is 42.0 Å². The maximum Gasteiger partial charge on any atom is 0.416 e. The first-order chi connectivity index (χ1) is 18.4. The molecule has 2 aliphatic rings. The van der Waals surface area contributed by atoms with Crippen LogP contribution in [0.15, 0.2) is 48.1 Å². The number of aliphatic hydroxyl groups is 3. The summed E-state index contributed by atoms with van der Waals surface area (Å²) in [4.78, 5) is 13.1. The van der Waals surface area contributed by atoms with Crippen LogP contribution in [0.3, 0.4) is 0 Å². The summed E-state index contributed by atoms with van der Waals surface area (Å²) in [5.74, 6) is -0.337. The zero-order valence-corrected chi connectivity index (χ0v) is 23.3. The number of hydrogen-bond donors (Lipinski definition) is 5. The first kappa shape index (κ1) is 31.9. The van der Waals surface area contributed by atoms with Crippen molar-refractivity contribution in [1.29, 1.82) is 0 Å². The lowest BCUT2D eigenvalue weighted by molar-refractivity contribution is -0.205. The van der Waals surface area contributed by atoms with Gasteiger partial charge >= 0.3 is 6.18 Å². The molecule has 7 nitrogen and oxygen atoms in total. The lowest BCUT2D eigenvalue weighted by Gasteiger charge is -2.44. The predicted molar refractivity (Wildman–Crippen MR) is 145 cm³/mol. The summed E-state index contributed by atoms with van der Waals surface area (Å²) < 4.78 is 44.5. The minimum atomic E-state index is -4.36. The number of rotatable bonds is 9. The van der Waals surface area contributed by atoms with E-state index in [0.29, 0.717) is 37.8 Å².